The van der Waals surface area contributed by atoms with Gasteiger partial charge in [0, 0.05) is 5.69 Å². The van der Waals surface area contributed by atoms with Crippen LogP contribution in [0.4, 0.5) is 11.4 Å². The van der Waals surface area contributed by atoms with E-state index in [4.69, 9.17) is 0 Å². The second-order valence-electron chi connectivity index (χ2n) is 5.69. The topological polar surface area (TPSA) is 24.4 Å². The number of hydrogen-bond acceptors (Lipinski definition) is 1. The molecule has 0 bridgehead atoms. The number of nitrogens with zero attached hydrogens (tertiary/aromatic N) is 1. The summed E-state index contributed by atoms with van der Waals surface area (Å²) in [5, 5.41) is 3.39. The van der Waals surface area contributed by atoms with Gasteiger partial charge in [-0.3, -0.25) is 0 Å². The van der Waals surface area contributed by atoms with Gasteiger partial charge in [-0.1, -0.05) is 51.0 Å². The van der Waals surface area contributed by atoms with Crippen LogP contribution in [-0.2, 0) is 12.8 Å². The molecule has 0 spiro atoms. The van der Waals surface area contributed by atoms with E-state index < -0.39 is 0 Å². The van der Waals surface area contributed by atoms with E-state index in [9.17, 15) is 0 Å². The van der Waals surface area contributed by atoms with Crippen LogP contribution in [0.15, 0.2) is 53.5 Å². The fourth-order valence-electron chi connectivity index (χ4n) is 2.59. The average Bonchev–Trinajstić information content (AvgIpc) is 2.48. The van der Waals surface area contributed by atoms with Crippen LogP contribution in [-0.4, -0.2) is 5.84 Å². The second kappa shape index (κ2) is 8.38. The Balaban J connectivity index is 2.09. The number of aryl methyl sites for hydroxylation is 2. The van der Waals surface area contributed by atoms with Crippen molar-refractivity contribution in [3.63, 3.8) is 0 Å². The highest BCUT2D eigenvalue weighted by molar-refractivity contribution is 5.95. The molecule has 0 saturated heterocycles. The molecule has 0 heterocycles. The normalized spacial score (nSPS) is 11.5. The molecule has 116 valence electrons. The zero-order valence-electron chi connectivity index (χ0n) is 13.9. The molecule has 2 nitrogen and oxygen atoms in total. The molecule has 0 atom stereocenters. The molecule has 0 aliphatic carbocycles. The molecule has 2 aromatic rings. The van der Waals surface area contributed by atoms with E-state index in [0.29, 0.717) is 0 Å². The van der Waals surface area contributed by atoms with Crippen molar-refractivity contribution in [2.75, 3.05) is 5.32 Å². The van der Waals surface area contributed by atoms with Gasteiger partial charge in [-0.05, 0) is 55.2 Å². The van der Waals surface area contributed by atoms with Crippen LogP contribution in [0.3, 0.4) is 0 Å². The molecular formula is C20H26N2. The van der Waals surface area contributed by atoms with Crippen molar-refractivity contribution in [2.24, 2.45) is 4.99 Å². The molecule has 22 heavy (non-hydrogen) atoms. The number of benzene rings is 2. The van der Waals surface area contributed by atoms with Gasteiger partial charge in [0.25, 0.3) is 0 Å². The number of amidine groups is 1. The van der Waals surface area contributed by atoms with Crippen molar-refractivity contribution in [1.29, 1.82) is 0 Å². The van der Waals surface area contributed by atoms with E-state index >= 15 is 0 Å². The maximum atomic E-state index is 4.68. The molecule has 0 unspecified atom stereocenters. The van der Waals surface area contributed by atoms with Crippen LogP contribution in [0, 0.1) is 0 Å². The Labute approximate surface area is 134 Å². The summed E-state index contributed by atoms with van der Waals surface area (Å²) in [6.07, 6.45) is 4.55. The van der Waals surface area contributed by atoms with Gasteiger partial charge in [-0.15, -0.1) is 0 Å². The molecule has 0 saturated carbocycles. The van der Waals surface area contributed by atoms with Crippen molar-refractivity contribution in [3.05, 3.63) is 59.7 Å². The van der Waals surface area contributed by atoms with Crippen LogP contribution >= 0.6 is 0 Å². The molecule has 0 aliphatic rings. The van der Waals surface area contributed by atoms with E-state index in [2.05, 4.69) is 72.7 Å². The first-order valence-electron chi connectivity index (χ1n) is 8.21. The van der Waals surface area contributed by atoms with E-state index in [0.717, 1.165) is 36.5 Å². The summed E-state index contributed by atoms with van der Waals surface area (Å²) < 4.78 is 0. The molecule has 2 rings (SSSR count). The molecular weight excluding hydrogens is 268 g/mol. The van der Waals surface area contributed by atoms with Crippen LogP contribution in [0.5, 0.6) is 0 Å². The summed E-state index contributed by atoms with van der Waals surface area (Å²) in [6, 6.07) is 17.0. The summed E-state index contributed by atoms with van der Waals surface area (Å²) in [6.45, 7) is 6.42. The number of hydrogen-bond donors (Lipinski definition) is 1. The number of rotatable bonds is 6. The van der Waals surface area contributed by atoms with Gasteiger partial charge in [-0.2, -0.15) is 0 Å². The molecule has 2 heteroatoms. The minimum absolute atomic E-state index is 0.919. The highest BCUT2D eigenvalue weighted by atomic mass is 15.0. The summed E-state index contributed by atoms with van der Waals surface area (Å²) in [5.41, 5.74) is 4.84. The van der Waals surface area contributed by atoms with E-state index in [1.807, 2.05) is 6.92 Å². The van der Waals surface area contributed by atoms with E-state index in [1.54, 1.807) is 0 Å². The Bertz CT molecular complexity index is 629. The molecule has 2 aromatic carbocycles. The van der Waals surface area contributed by atoms with Crippen LogP contribution < -0.4 is 5.32 Å². The largest absolute Gasteiger partial charge is 0.344 e. The Hall–Kier alpha value is -2.09. The fraction of sp³-hybridized carbons (Fsp3) is 0.350. The van der Waals surface area contributed by atoms with Gasteiger partial charge in [0.15, 0.2) is 0 Å². The van der Waals surface area contributed by atoms with Crippen molar-refractivity contribution < 1.29 is 0 Å². The molecule has 0 amide bonds. The van der Waals surface area contributed by atoms with E-state index in [1.165, 1.54) is 17.5 Å². The predicted molar refractivity (Wildman–Crippen MR) is 97.3 cm³/mol. The maximum absolute atomic E-state index is 4.68. The minimum Gasteiger partial charge on any atom is -0.344 e. The van der Waals surface area contributed by atoms with E-state index in [-0.39, 0.29) is 0 Å². The average molecular weight is 294 g/mol. The Kier molecular flexibility index (Phi) is 6.20. The number of aliphatic imine (C=N–C) groups is 1. The molecule has 1 N–H and O–H groups in total. The summed E-state index contributed by atoms with van der Waals surface area (Å²) in [7, 11) is 0. The first kappa shape index (κ1) is 16.3. The lowest BCUT2D eigenvalue weighted by Gasteiger charge is -2.08. The summed E-state index contributed by atoms with van der Waals surface area (Å²) in [4.78, 5) is 4.68. The zero-order valence-corrected chi connectivity index (χ0v) is 13.9. The fourth-order valence-corrected chi connectivity index (χ4v) is 2.59. The number of nitrogens with one attached hydrogen (secondary N) is 1. The van der Waals surface area contributed by atoms with Crippen LogP contribution in [0.2, 0.25) is 0 Å². The second-order valence-corrected chi connectivity index (χ2v) is 5.69. The smallest absolute Gasteiger partial charge is 0.103 e. The van der Waals surface area contributed by atoms with Gasteiger partial charge in [0.05, 0.1) is 5.69 Å². The van der Waals surface area contributed by atoms with Crippen LogP contribution in [0.1, 0.15) is 44.7 Å². The monoisotopic (exact) mass is 294 g/mol. The van der Waals surface area contributed by atoms with Gasteiger partial charge in [0.2, 0.25) is 0 Å². The van der Waals surface area contributed by atoms with Gasteiger partial charge in [-0.25, -0.2) is 4.99 Å². The molecule has 0 radical (unpaired) electrons. The molecule has 0 fully saturated rings. The van der Waals surface area contributed by atoms with Crippen molar-refractivity contribution in [2.45, 2.75) is 46.5 Å². The molecule has 0 aliphatic heterocycles. The van der Waals surface area contributed by atoms with Gasteiger partial charge in [0.1, 0.15) is 5.84 Å². The Morgan fingerprint density at radius 1 is 0.909 bits per heavy atom. The van der Waals surface area contributed by atoms with Crippen LogP contribution in [0.25, 0.3) is 0 Å². The third-order valence-corrected chi connectivity index (χ3v) is 3.54. The summed E-state index contributed by atoms with van der Waals surface area (Å²) >= 11 is 0. The Morgan fingerprint density at radius 3 is 2.23 bits per heavy atom. The third-order valence-electron chi connectivity index (χ3n) is 3.54. The SMILES string of the molecule is CCCc1cccc(N=C(C)Nc2cccc(CCC)c2)c1. The summed E-state index contributed by atoms with van der Waals surface area (Å²) in [5.74, 6) is 0.919. The number of anilines is 1. The van der Waals surface area contributed by atoms with Crippen molar-refractivity contribution in [3.8, 4) is 0 Å². The third kappa shape index (κ3) is 5.03. The Morgan fingerprint density at radius 2 is 1.55 bits per heavy atom. The highest BCUT2D eigenvalue weighted by Crippen LogP contribution is 2.17. The lowest BCUT2D eigenvalue weighted by molar-refractivity contribution is 0.922. The first-order chi connectivity index (χ1) is 10.7. The predicted octanol–water partition coefficient (Wildman–Crippen LogP) is 5.75. The van der Waals surface area contributed by atoms with Crippen molar-refractivity contribution >= 4 is 17.2 Å². The van der Waals surface area contributed by atoms with Crippen molar-refractivity contribution in [1.82, 2.24) is 0 Å². The molecule has 0 aromatic heterocycles. The first-order valence-corrected chi connectivity index (χ1v) is 8.21. The lowest BCUT2D eigenvalue weighted by atomic mass is 10.1. The minimum atomic E-state index is 0.919. The van der Waals surface area contributed by atoms with Gasteiger partial charge >= 0.3 is 0 Å². The van der Waals surface area contributed by atoms with Gasteiger partial charge < -0.3 is 5.32 Å². The maximum Gasteiger partial charge on any atom is 0.103 e. The lowest BCUT2D eigenvalue weighted by Crippen LogP contribution is -2.06. The quantitative estimate of drug-likeness (QED) is 0.532. The highest BCUT2D eigenvalue weighted by Gasteiger charge is 1.99. The standard InChI is InChI=1S/C20H26N2/c1-4-8-17-10-6-12-19(14-17)21-16(3)22-20-13-7-11-18(15-20)9-5-2/h6-7,10-15H,4-5,8-9H2,1-3H3,(H,21,22). The zero-order chi connectivity index (χ0) is 15.8.